The number of anilines is 1. The first-order valence-electron chi connectivity index (χ1n) is 8.17. The maximum atomic E-state index is 12.1. The lowest BCUT2D eigenvalue weighted by molar-refractivity contribution is -0.116. The summed E-state index contributed by atoms with van der Waals surface area (Å²) in [7, 11) is 1.57. The Morgan fingerprint density at radius 3 is 2.77 bits per heavy atom. The molecule has 1 heterocycles. The molecule has 0 fully saturated rings. The van der Waals surface area contributed by atoms with E-state index in [1.54, 1.807) is 25.3 Å². The maximum Gasteiger partial charge on any atom is 0.226 e. The fourth-order valence-corrected chi connectivity index (χ4v) is 2.69. The molecule has 0 aliphatic heterocycles. The molecule has 1 aromatic heterocycles. The second kappa shape index (κ2) is 8.49. The predicted octanol–water partition coefficient (Wildman–Crippen LogP) is 4.36. The van der Waals surface area contributed by atoms with Crippen LogP contribution in [0.1, 0.15) is 18.7 Å². The number of carbonyl (C=O) groups excluding carboxylic acids is 1. The van der Waals surface area contributed by atoms with Crippen LogP contribution in [0.5, 0.6) is 5.75 Å². The van der Waals surface area contributed by atoms with E-state index in [4.69, 9.17) is 20.9 Å². The van der Waals surface area contributed by atoms with E-state index in [9.17, 15) is 4.79 Å². The largest absolute Gasteiger partial charge is 0.495 e. The molecule has 0 saturated heterocycles. The van der Waals surface area contributed by atoms with Crippen LogP contribution in [-0.4, -0.2) is 23.2 Å². The van der Waals surface area contributed by atoms with Gasteiger partial charge in [-0.05, 0) is 30.7 Å². The maximum absolute atomic E-state index is 12.1. The van der Waals surface area contributed by atoms with Crippen LogP contribution in [0.3, 0.4) is 0 Å². The third-order valence-electron chi connectivity index (χ3n) is 3.76. The van der Waals surface area contributed by atoms with Crippen molar-refractivity contribution in [3.8, 4) is 17.1 Å². The molecular formula is C19H18ClN3O3. The molecule has 0 unspecified atom stereocenters. The SMILES string of the molecule is COc1ccccc1NC(=O)CCCc1nc(-c2ccccc2Cl)no1. The number of hydrogen-bond donors (Lipinski definition) is 1. The third kappa shape index (κ3) is 4.40. The average Bonchev–Trinajstić information content (AvgIpc) is 3.11. The minimum absolute atomic E-state index is 0.0969. The fraction of sp³-hybridized carbons (Fsp3) is 0.211. The van der Waals surface area contributed by atoms with Crippen LogP contribution in [0.2, 0.25) is 5.02 Å². The summed E-state index contributed by atoms with van der Waals surface area (Å²) in [6.07, 6.45) is 1.43. The highest BCUT2D eigenvalue weighted by molar-refractivity contribution is 6.33. The zero-order valence-electron chi connectivity index (χ0n) is 14.2. The van der Waals surface area contributed by atoms with Crippen molar-refractivity contribution in [1.82, 2.24) is 10.1 Å². The summed E-state index contributed by atoms with van der Waals surface area (Å²) in [6, 6.07) is 14.6. The second-order valence-electron chi connectivity index (χ2n) is 5.59. The number of methoxy groups -OCH3 is 1. The van der Waals surface area contributed by atoms with Gasteiger partial charge >= 0.3 is 0 Å². The number of rotatable bonds is 7. The number of nitrogens with one attached hydrogen (secondary N) is 1. The Labute approximate surface area is 156 Å². The first kappa shape index (κ1) is 17.9. The van der Waals surface area contributed by atoms with E-state index in [1.165, 1.54) is 0 Å². The summed E-state index contributed by atoms with van der Waals surface area (Å²) in [5, 5.41) is 7.35. The van der Waals surface area contributed by atoms with Crippen molar-refractivity contribution in [2.45, 2.75) is 19.3 Å². The molecule has 7 heteroatoms. The fourth-order valence-electron chi connectivity index (χ4n) is 2.47. The van der Waals surface area contributed by atoms with Gasteiger partial charge < -0.3 is 14.6 Å². The number of nitrogens with zero attached hydrogens (tertiary/aromatic N) is 2. The number of benzene rings is 2. The molecule has 2 aromatic carbocycles. The van der Waals surface area contributed by atoms with Crippen LogP contribution >= 0.6 is 11.6 Å². The molecule has 3 aromatic rings. The number of aryl methyl sites for hydroxylation is 1. The number of halogens is 1. The van der Waals surface area contributed by atoms with Gasteiger partial charge in [0, 0.05) is 18.4 Å². The number of para-hydroxylation sites is 2. The van der Waals surface area contributed by atoms with Crippen LogP contribution in [0.4, 0.5) is 5.69 Å². The van der Waals surface area contributed by atoms with Crippen LogP contribution in [0.15, 0.2) is 53.1 Å². The molecular weight excluding hydrogens is 354 g/mol. The minimum atomic E-state index is -0.0969. The van der Waals surface area contributed by atoms with Crippen LogP contribution in [-0.2, 0) is 11.2 Å². The Kier molecular flexibility index (Phi) is 5.86. The van der Waals surface area contributed by atoms with Gasteiger partial charge in [-0.3, -0.25) is 4.79 Å². The molecule has 1 N–H and O–H groups in total. The molecule has 3 rings (SSSR count). The van der Waals surface area contributed by atoms with E-state index in [0.29, 0.717) is 47.4 Å². The monoisotopic (exact) mass is 371 g/mol. The summed E-state index contributed by atoms with van der Waals surface area (Å²) >= 11 is 6.13. The Morgan fingerprint density at radius 1 is 1.19 bits per heavy atom. The normalized spacial score (nSPS) is 10.5. The zero-order chi connectivity index (χ0) is 18.4. The second-order valence-corrected chi connectivity index (χ2v) is 6.00. The highest BCUT2D eigenvalue weighted by atomic mass is 35.5. The number of ether oxygens (including phenoxy) is 1. The highest BCUT2D eigenvalue weighted by Crippen LogP contribution is 2.25. The van der Waals surface area contributed by atoms with Crippen molar-refractivity contribution < 1.29 is 14.1 Å². The quantitative estimate of drug-likeness (QED) is 0.667. The number of hydrogen-bond acceptors (Lipinski definition) is 5. The molecule has 26 heavy (non-hydrogen) atoms. The van der Waals surface area contributed by atoms with Crippen molar-refractivity contribution >= 4 is 23.2 Å². The van der Waals surface area contributed by atoms with Gasteiger partial charge in [0.05, 0.1) is 17.8 Å². The van der Waals surface area contributed by atoms with E-state index < -0.39 is 0 Å². The van der Waals surface area contributed by atoms with Crippen LogP contribution in [0.25, 0.3) is 11.4 Å². The topological polar surface area (TPSA) is 77.2 Å². The van der Waals surface area contributed by atoms with Gasteiger partial charge in [0.15, 0.2) is 0 Å². The number of aromatic nitrogens is 2. The van der Waals surface area contributed by atoms with Crippen LogP contribution < -0.4 is 10.1 Å². The van der Waals surface area contributed by atoms with Gasteiger partial charge in [-0.2, -0.15) is 4.98 Å². The molecule has 6 nitrogen and oxygen atoms in total. The molecule has 0 bridgehead atoms. The Balaban J connectivity index is 1.52. The summed E-state index contributed by atoms with van der Waals surface area (Å²) in [6.45, 7) is 0. The number of amides is 1. The summed E-state index contributed by atoms with van der Waals surface area (Å²) in [5.74, 6) is 1.46. The van der Waals surface area contributed by atoms with E-state index >= 15 is 0 Å². The minimum Gasteiger partial charge on any atom is -0.495 e. The van der Waals surface area contributed by atoms with Crippen molar-refractivity contribution in [1.29, 1.82) is 0 Å². The van der Waals surface area contributed by atoms with Crippen molar-refractivity contribution in [3.63, 3.8) is 0 Å². The Morgan fingerprint density at radius 2 is 1.96 bits per heavy atom. The van der Waals surface area contributed by atoms with Crippen molar-refractivity contribution in [3.05, 3.63) is 59.4 Å². The van der Waals surface area contributed by atoms with E-state index in [2.05, 4.69) is 15.5 Å². The number of carbonyl (C=O) groups is 1. The zero-order valence-corrected chi connectivity index (χ0v) is 15.0. The average molecular weight is 372 g/mol. The summed E-state index contributed by atoms with van der Waals surface area (Å²) in [5.41, 5.74) is 1.37. The summed E-state index contributed by atoms with van der Waals surface area (Å²) < 4.78 is 10.5. The van der Waals surface area contributed by atoms with Crippen molar-refractivity contribution in [2.24, 2.45) is 0 Å². The van der Waals surface area contributed by atoms with E-state index in [1.807, 2.05) is 30.3 Å². The van der Waals surface area contributed by atoms with Gasteiger partial charge in [-0.1, -0.05) is 41.0 Å². The molecule has 0 aliphatic rings. The van der Waals surface area contributed by atoms with Gasteiger partial charge in [-0.15, -0.1) is 0 Å². The van der Waals surface area contributed by atoms with Gasteiger partial charge in [0.25, 0.3) is 0 Å². The Hall–Kier alpha value is -2.86. The lowest BCUT2D eigenvalue weighted by Gasteiger charge is -2.09. The smallest absolute Gasteiger partial charge is 0.226 e. The molecule has 134 valence electrons. The van der Waals surface area contributed by atoms with E-state index in [0.717, 1.165) is 5.56 Å². The first-order valence-corrected chi connectivity index (χ1v) is 8.55. The molecule has 1 amide bonds. The summed E-state index contributed by atoms with van der Waals surface area (Å²) in [4.78, 5) is 16.4. The van der Waals surface area contributed by atoms with Gasteiger partial charge in [-0.25, -0.2) is 0 Å². The Bertz CT molecular complexity index is 895. The van der Waals surface area contributed by atoms with Crippen molar-refractivity contribution in [2.75, 3.05) is 12.4 Å². The predicted molar refractivity (Wildman–Crippen MR) is 99.3 cm³/mol. The molecule has 0 radical (unpaired) electrons. The van der Waals surface area contributed by atoms with Crippen LogP contribution in [0, 0.1) is 0 Å². The lowest BCUT2D eigenvalue weighted by atomic mass is 10.2. The first-order chi connectivity index (χ1) is 12.7. The lowest BCUT2D eigenvalue weighted by Crippen LogP contribution is -2.12. The molecule has 0 atom stereocenters. The molecule has 0 spiro atoms. The van der Waals surface area contributed by atoms with E-state index in [-0.39, 0.29) is 5.91 Å². The molecule has 0 saturated carbocycles. The highest BCUT2D eigenvalue weighted by Gasteiger charge is 2.12. The standard InChI is InChI=1S/C19H18ClN3O3/c1-25-16-10-5-4-9-15(16)21-17(24)11-6-12-18-22-19(23-26-18)13-7-2-3-8-14(13)20/h2-5,7-10H,6,11-12H2,1H3,(H,21,24). The van der Waals surface area contributed by atoms with Gasteiger partial charge in [0.2, 0.25) is 17.6 Å². The molecule has 0 aliphatic carbocycles. The van der Waals surface area contributed by atoms with Gasteiger partial charge in [0.1, 0.15) is 5.75 Å². The third-order valence-corrected chi connectivity index (χ3v) is 4.09.